The summed E-state index contributed by atoms with van der Waals surface area (Å²) < 4.78 is 0. The van der Waals surface area contributed by atoms with E-state index in [4.69, 9.17) is 10.8 Å². The maximum atomic E-state index is 11.6. The first-order valence-electron chi connectivity index (χ1n) is 5.58. The van der Waals surface area contributed by atoms with Crippen molar-refractivity contribution < 1.29 is 14.7 Å². The molecular formula is C11H22N2O3. The Balaban J connectivity index is 4.09. The number of rotatable bonds is 7. The second-order valence-electron chi connectivity index (χ2n) is 4.66. The van der Waals surface area contributed by atoms with Gasteiger partial charge in [0.05, 0.1) is 6.04 Å². The number of hydrogen-bond acceptors (Lipinski definition) is 3. The van der Waals surface area contributed by atoms with Crippen molar-refractivity contribution in [1.29, 1.82) is 0 Å². The highest BCUT2D eigenvalue weighted by Gasteiger charge is 2.23. The molecule has 5 heteroatoms. The minimum absolute atomic E-state index is 0.0806. The van der Waals surface area contributed by atoms with Gasteiger partial charge >= 0.3 is 5.97 Å². The first-order chi connectivity index (χ1) is 7.28. The molecule has 1 unspecified atom stereocenters. The summed E-state index contributed by atoms with van der Waals surface area (Å²) in [6.07, 6.45) is 1.92. The molecule has 0 aromatic heterocycles. The van der Waals surface area contributed by atoms with Crippen LogP contribution in [0.4, 0.5) is 0 Å². The van der Waals surface area contributed by atoms with Crippen molar-refractivity contribution in [2.24, 2.45) is 5.73 Å². The Morgan fingerprint density at radius 1 is 1.44 bits per heavy atom. The molecule has 0 aromatic rings. The monoisotopic (exact) mass is 230 g/mol. The number of aliphatic carboxylic acids is 1. The van der Waals surface area contributed by atoms with Gasteiger partial charge in [0, 0.05) is 12.0 Å². The van der Waals surface area contributed by atoms with E-state index in [0.717, 1.165) is 12.8 Å². The molecule has 0 aliphatic heterocycles. The van der Waals surface area contributed by atoms with Crippen LogP contribution in [0.3, 0.4) is 0 Å². The third-order valence-electron chi connectivity index (χ3n) is 2.34. The molecule has 0 aliphatic rings. The zero-order valence-corrected chi connectivity index (χ0v) is 10.2. The van der Waals surface area contributed by atoms with Crippen LogP contribution in [0.2, 0.25) is 0 Å². The van der Waals surface area contributed by atoms with Gasteiger partial charge in [-0.25, -0.2) is 0 Å². The van der Waals surface area contributed by atoms with Crippen LogP contribution < -0.4 is 11.1 Å². The molecule has 16 heavy (non-hydrogen) atoms. The summed E-state index contributed by atoms with van der Waals surface area (Å²) in [7, 11) is 0. The molecule has 0 aromatic carbocycles. The highest BCUT2D eigenvalue weighted by Crippen LogP contribution is 2.11. The van der Waals surface area contributed by atoms with Crippen LogP contribution >= 0.6 is 0 Å². The molecule has 0 bridgehead atoms. The highest BCUT2D eigenvalue weighted by molar-refractivity contribution is 5.82. The Morgan fingerprint density at radius 2 is 2.00 bits per heavy atom. The van der Waals surface area contributed by atoms with Crippen LogP contribution in [0.1, 0.15) is 46.5 Å². The normalized spacial score (nSPS) is 13.2. The number of amides is 1. The van der Waals surface area contributed by atoms with E-state index >= 15 is 0 Å². The maximum Gasteiger partial charge on any atom is 0.303 e. The smallest absolute Gasteiger partial charge is 0.303 e. The van der Waals surface area contributed by atoms with Crippen LogP contribution in [0, 0.1) is 0 Å². The Bertz CT molecular complexity index is 252. The van der Waals surface area contributed by atoms with Crippen LogP contribution in [-0.2, 0) is 9.59 Å². The zero-order chi connectivity index (χ0) is 12.8. The molecule has 0 aliphatic carbocycles. The van der Waals surface area contributed by atoms with E-state index in [1.165, 1.54) is 0 Å². The van der Waals surface area contributed by atoms with E-state index in [9.17, 15) is 9.59 Å². The number of carboxylic acid groups (broad SMARTS) is 1. The van der Waals surface area contributed by atoms with E-state index in [0.29, 0.717) is 0 Å². The lowest BCUT2D eigenvalue weighted by molar-refractivity contribution is -0.137. The predicted molar refractivity (Wildman–Crippen MR) is 62.0 cm³/mol. The Kier molecular flexibility index (Phi) is 6.03. The van der Waals surface area contributed by atoms with Crippen molar-refractivity contribution in [1.82, 2.24) is 5.32 Å². The summed E-state index contributed by atoms with van der Waals surface area (Å²) in [6, 6.07) is -0.743. The summed E-state index contributed by atoms with van der Waals surface area (Å²) in [4.78, 5) is 21.9. The summed E-state index contributed by atoms with van der Waals surface area (Å²) in [5.74, 6) is -1.21. The number of nitrogens with two attached hydrogens (primary N) is 1. The first-order valence-corrected chi connectivity index (χ1v) is 5.58. The Hall–Kier alpha value is -1.10. The molecule has 4 N–H and O–H groups in total. The second kappa shape index (κ2) is 6.48. The highest BCUT2D eigenvalue weighted by atomic mass is 16.4. The van der Waals surface area contributed by atoms with Crippen LogP contribution in [0.5, 0.6) is 0 Å². The van der Waals surface area contributed by atoms with Crippen LogP contribution in [0.15, 0.2) is 0 Å². The SMILES string of the molecule is CCCC(C)(C)NC(=O)C(N)CCC(=O)O. The average molecular weight is 230 g/mol. The zero-order valence-electron chi connectivity index (χ0n) is 10.2. The van der Waals surface area contributed by atoms with Crippen molar-refractivity contribution in [3.63, 3.8) is 0 Å². The summed E-state index contributed by atoms with van der Waals surface area (Å²) >= 11 is 0. The van der Waals surface area contributed by atoms with Crippen molar-refractivity contribution in [3.8, 4) is 0 Å². The Labute approximate surface area is 96.4 Å². The fourth-order valence-corrected chi connectivity index (χ4v) is 1.52. The topological polar surface area (TPSA) is 92.4 Å². The van der Waals surface area contributed by atoms with E-state index in [-0.39, 0.29) is 24.3 Å². The van der Waals surface area contributed by atoms with E-state index in [1.54, 1.807) is 0 Å². The lowest BCUT2D eigenvalue weighted by atomic mass is 9.98. The van der Waals surface area contributed by atoms with Crippen molar-refractivity contribution in [3.05, 3.63) is 0 Å². The first kappa shape index (κ1) is 14.9. The summed E-state index contributed by atoms with van der Waals surface area (Å²) in [5.41, 5.74) is 5.31. The fourth-order valence-electron chi connectivity index (χ4n) is 1.52. The van der Waals surface area contributed by atoms with Gasteiger partial charge in [-0.05, 0) is 26.7 Å². The van der Waals surface area contributed by atoms with E-state index in [2.05, 4.69) is 5.32 Å². The molecule has 0 rings (SSSR count). The molecule has 94 valence electrons. The number of carbonyl (C=O) groups is 2. The third kappa shape index (κ3) is 6.40. The molecule has 0 fully saturated rings. The lowest BCUT2D eigenvalue weighted by Crippen LogP contribution is -2.50. The molecular weight excluding hydrogens is 208 g/mol. The third-order valence-corrected chi connectivity index (χ3v) is 2.34. The number of nitrogens with one attached hydrogen (secondary N) is 1. The molecule has 0 saturated heterocycles. The standard InChI is InChI=1S/C11H22N2O3/c1-4-7-11(2,3)13-10(16)8(12)5-6-9(14)15/h8H,4-7,12H2,1-3H3,(H,13,16)(H,14,15). The quantitative estimate of drug-likeness (QED) is 0.605. The summed E-state index contributed by atoms with van der Waals surface area (Å²) in [5, 5.41) is 11.3. The maximum absolute atomic E-state index is 11.6. The van der Waals surface area contributed by atoms with Gasteiger partial charge in [-0.1, -0.05) is 13.3 Å². The molecule has 0 radical (unpaired) electrons. The van der Waals surface area contributed by atoms with Gasteiger partial charge in [-0.2, -0.15) is 0 Å². The van der Waals surface area contributed by atoms with Gasteiger partial charge in [0.1, 0.15) is 0 Å². The number of hydrogen-bond donors (Lipinski definition) is 3. The van der Waals surface area contributed by atoms with Crippen molar-refractivity contribution in [2.45, 2.75) is 58.0 Å². The number of carboxylic acids is 1. The molecule has 1 atom stereocenters. The van der Waals surface area contributed by atoms with E-state index in [1.807, 2.05) is 20.8 Å². The number of carbonyl (C=O) groups excluding carboxylic acids is 1. The Morgan fingerprint density at radius 3 is 2.44 bits per heavy atom. The van der Waals surface area contributed by atoms with Gasteiger partial charge in [-0.15, -0.1) is 0 Å². The molecule has 1 amide bonds. The van der Waals surface area contributed by atoms with Crippen LogP contribution in [-0.4, -0.2) is 28.6 Å². The summed E-state index contributed by atoms with van der Waals surface area (Å²) in [6.45, 7) is 5.90. The molecule has 0 heterocycles. The minimum Gasteiger partial charge on any atom is -0.481 e. The van der Waals surface area contributed by atoms with Crippen molar-refractivity contribution >= 4 is 11.9 Å². The predicted octanol–water partition coefficient (Wildman–Crippen LogP) is 0.873. The van der Waals surface area contributed by atoms with Crippen molar-refractivity contribution in [2.75, 3.05) is 0 Å². The van der Waals surface area contributed by atoms with Gasteiger partial charge in [0.2, 0.25) is 5.91 Å². The fraction of sp³-hybridized carbons (Fsp3) is 0.818. The van der Waals surface area contributed by atoms with Gasteiger partial charge < -0.3 is 16.2 Å². The van der Waals surface area contributed by atoms with Crippen LogP contribution in [0.25, 0.3) is 0 Å². The average Bonchev–Trinajstić information content (AvgIpc) is 2.12. The second-order valence-corrected chi connectivity index (χ2v) is 4.66. The lowest BCUT2D eigenvalue weighted by Gasteiger charge is -2.27. The molecule has 5 nitrogen and oxygen atoms in total. The molecule has 0 saturated carbocycles. The van der Waals surface area contributed by atoms with E-state index < -0.39 is 12.0 Å². The minimum atomic E-state index is -0.934. The van der Waals surface area contributed by atoms with Gasteiger partial charge in [-0.3, -0.25) is 9.59 Å². The van der Waals surface area contributed by atoms with Gasteiger partial charge in [0.15, 0.2) is 0 Å². The molecule has 0 spiro atoms. The van der Waals surface area contributed by atoms with Gasteiger partial charge in [0.25, 0.3) is 0 Å². The largest absolute Gasteiger partial charge is 0.481 e.